The zero-order valence-corrected chi connectivity index (χ0v) is 19.3. The molecule has 6 nitrogen and oxygen atoms in total. The predicted molar refractivity (Wildman–Crippen MR) is 122 cm³/mol. The molecule has 0 unspecified atom stereocenters. The van der Waals surface area contributed by atoms with Crippen LogP contribution < -0.4 is 14.4 Å². The number of carbonyl (C=O) groups excluding carboxylic acids is 1. The second-order valence-electron chi connectivity index (χ2n) is 7.50. The minimum absolute atomic E-state index is 0.0964. The predicted octanol–water partition coefficient (Wildman–Crippen LogP) is 4.13. The Kier molecular flexibility index (Phi) is 8.29. The van der Waals surface area contributed by atoms with Gasteiger partial charge in [-0.3, -0.25) is 9.10 Å². The average molecular weight is 433 g/mol. The number of rotatable bonds is 10. The zero-order valence-electron chi connectivity index (χ0n) is 18.4. The lowest BCUT2D eigenvalue weighted by atomic mass is 10.0. The van der Waals surface area contributed by atoms with E-state index in [-0.39, 0.29) is 24.9 Å². The number of aryl methyl sites for hydroxylation is 2. The highest BCUT2D eigenvalue weighted by Gasteiger charge is 2.18. The Hall–Kier alpha value is -2.54. The standard InChI is InChI=1S/C23H32N2O4S/c1-6-29-22-13-11-21(12-14-22)25(30(5,27)28)15-7-8-23(26)24-19(4)20-10-9-17(2)18(3)16-20/h9-14,16,19H,6-8,15H2,1-5H3,(H,24,26)/t19-/m0/s1. The van der Waals surface area contributed by atoms with Crippen LogP contribution in [0.4, 0.5) is 5.69 Å². The number of sulfonamides is 1. The summed E-state index contributed by atoms with van der Waals surface area (Å²) in [6.45, 7) is 8.73. The van der Waals surface area contributed by atoms with Gasteiger partial charge in [-0.25, -0.2) is 8.42 Å². The fraction of sp³-hybridized carbons (Fsp3) is 0.435. The van der Waals surface area contributed by atoms with Gasteiger partial charge in [0.25, 0.3) is 0 Å². The molecule has 0 aliphatic rings. The van der Waals surface area contributed by atoms with Crippen molar-refractivity contribution in [3.8, 4) is 5.75 Å². The topological polar surface area (TPSA) is 75.7 Å². The zero-order chi connectivity index (χ0) is 22.3. The fourth-order valence-electron chi connectivity index (χ4n) is 3.18. The molecule has 7 heteroatoms. The molecule has 0 bridgehead atoms. The molecular weight excluding hydrogens is 400 g/mol. The number of hydrogen-bond acceptors (Lipinski definition) is 4. The van der Waals surface area contributed by atoms with Crippen LogP contribution in [0.15, 0.2) is 42.5 Å². The van der Waals surface area contributed by atoms with E-state index in [1.165, 1.54) is 21.7 Å². The molecule has 0 saturated heterocycles. The first-order valence-electron chi connectivity index (χ1n) is 10.2. The molecule has 1 amide bonds. The quantitative estimate of drug-likeness (QED) is 0.613. The molecule has 0 aliphatic heterocycles. The number of anilines is 1. The van der Waals surface area contributed by atoms with Gasteiger partial charge in [-0.05, 0) is 75.1 Å². The first-order valence-corrected chi connectivity index (χ1v) is 12.0. The number of amides is 1. The molecule has 1 atom stereocenters. The molecule has 0 radical (unpaired) electrons. The normalized spacial score (nSPS) is 12.3. The number of nitrogens with one attached hydrogen (secondary N) is 1. The second kappa shape index (κ2) is 10.5. The van der Waals surface area contributed by atoms with E-state index < -0.39 is 10.0 Å². The minimum Gasteiger partial charge on any atom is -0.494 e. The molecule has 0 aromatic heterocycles. The van der Waals surface area contributed by atoms with Crippen LogP contribution in [0.5, 0.6) is 5.75 Å². The van der Waals surface area contributed by atoms with Crippen molar-refractivity contribution in [3.05, 3.63) is 59.2 Å². The van der Waals surface area contributed by atoms with Gasteiger partial charge >= 0.3 is 0 Å². The summed E-state index contributed by atoms with van der Waals surface area (Å²) in [6.07, 6.45) is 1.84. The third-order valence-corrected chi connectivity index (χ3v) is 6.20. The lowest BCUT2D eigenvalue weighted by molar-refractivity contribution is -0.121. The monoisotopic (exact) mass is 432 g/mol. The average Bonchev–Trinajstić information content (AvgIpc) is 2.67. The van der Waals surface area contributed by atoms with Crippen molar-refractivity contribution >= 4 is 21.6 Å². The number of carbonyl (C=O) groups is 1. The van der Waals surface area contributed by atoms with Gasteiger partial charge in [0.1, 0.15) is 5.75 Å². The van der Waals surface area contributed by atoms with Crippen LogP contribution >= 0.6 is 0 Å². The third kappa shape index (κ3) is 6.76. The minimum atomic E-state index is -3.46. The molecule has 1 N–H and O–H groups in total. The van der Waals surface area contributed by atoms with Crippen molar-refractivity contribution in [2.24, 2.45) is 0 Å². The van der Waals surface area contributed by atoms with E-state index in [9.17, 15) is 13.2 Å². The van der Waals surface area contributed by atoms with Gasteiger partial charge in [-0.1, -0.05) is 18.2 Å². The van der Waals surface area contributed by atoms with Gasteiger partial charge in [0.15, 0.2) is 0 Å². The highest BCUT2D eigenvalue weighted by atomic mass is 32.2. The summed E-state index contributed by atoms with van der Waals surface area (Å²) in [5.41, 5.74) is 4.02. The second-order valence-corrected chi connectivity index (χ2v) is 9.41. The molecule has 0 saturated carbocycles. The number of ether oxygens (including phenoxy) is 1. The van der Waals surface area contributed by atoms with Crippen molar-refractivity contribution in [2.75, 3.05) is 23.7 Å². The van der Waals surface area contributed by atoms with Gasteiger partial charge in [-0.2, -0.15) is 0 Å². The molecule has 30 heavy (non-hydrogen) atoms. The Morgan fingerprint density at radius 2 is 1.77 bits per heavy atom. The van der Waals surface area contributed by atoms with Gasteiger partial charge in [-0.15, -0.1) is 0 Å². The van der Waals surface area contributed by atoms with Crippen molar-refractivity contribution < 1.29 is 17.9 Å². The number of hydrogen-bond donors (Lipinski definition) is 1. The van der Waals surface area contributed by atoms with Crippen molar-refractivity contribution in [1.82, 2.24) is 5.32 Å². The Morgan fingerprint density at radius 3 is 2.33 bits per heavy atom. The highest BCUT2D eigenvalue weighted by molar-refractivity contribution is 7.92. The summed E-state index contributed by atoms with van der Waals surface area (Å²) in [7, 11) is -3.46. The maximum atomic E-state index is 12.4. The first kappa shape index (κ1) is 23.7. The first-order chi connectivity index (χ1) is 14.1. The van der Waals surface area contributed by atoms with Crippen LogP contribution in [-0.4, -0.2) is 33.7 Å². The molecule has 0 fully saturated rings. The Labute approximate surface area is 180 Å². The van der Waals surface area contributed by atoms with E-state index in [1.807, 2.05) is 32.9 Å². The Morgan fingerprint density at radius 1 is 1.10 bits per heavy atom. The van der Waals surface area contributed by atoms with Gasteiger partial charge in [0.05, 0.1) is 24.6 Å². The number of benzene rings is 2. The maximum Gasteiger partial charge on any atom is 0.232 e. The summed E-state index contributed by atoms with van der Waals surface area (Å²) in [5, 5.41) is 2.99. The van der Waals surface area contributed by atoms with Crippen LogP contribution in [0.3, 0.4) is 0 Å². The summed E-state index contributed by atoms with van der Waals surface area (Å²) in [6, 6.07) is 13.0. The maximum absolute atomic E-state index is 12.4. The smallest absolute Gasteiger partial charge is 0.232 e. The summed E-state index contributed by atoms with van der Waals surface area (Å²) in [4.78, 5) is 12.4. The van der Waals surface area contributed by atoms with Crippen LogP contribution in [0.1, 0.15) is 49.4 Å². The van der Waals surface area contributed by atoms with Gasteiger partial charge < -0.3 is 10.1 Å². The highest BCUT2D eigenvalue weighted by Crippen LogP contribution is 2.22. The number of nitrogens with zero attached hydrogens (tertiary/aromatic N) is 1. The van der Waals surface area contributed by atoms with E-state index in [2.05, 4.69) is 18.3 Å². The van der Waals surface area contributed by atoms with Crippen molar-refractivity contribution in [1.29, 1.82) is 0 Å². The molecule has 2 aromatic carbocycles. The van der Waals surface area contributed by atoms with Crippen LogP contribution in [0.2, 0.25) is 0 Å². The molecular formula is C23H32N2O4S. The largest absolute Gasteiger partial charge is 0.494 e. The van der Waals surface area contributed by atoms with Gasteiger partial charge in [0.2, 0.25) is 15.9 Å². The van der Waals surface area contributed by atoms with E-state index in [1.54, 1.807) is 24.3 Å². The lowest BCUT2D eigenvalue weighted by Gasteiger charge is -2.23. The summed E-state index contributed by atoms with van der Waals surface area (Å²) in [5.74, 6) is 0.593. The van der Waals surface area contributed by atoms with E-state index >= 15 is 0 Å². The third-order valence-electron chi connectivity index (χ3n) is 5.01. The molecule has 0 spiro atoms. The van der Waals surface area contributed by atoms with E-state index in [0.717, 1.165) is 5.56 Å². The molecule has 0 aliphatic carbocycles. The van der Waals surface area contributed by atoms with Crippen molar-refractivity contribution in [3.63, 3.8) is 0 Å². The summed E-state index contributed by atoms with van der Waals surface area (Å²) >= 11 is 0. The lowest BCUT2D eigenvalue weighted by Crippen LogP contribution is -2.32. The van der Waals surface area contributed by atoms with Crippen LogP contribution in [0, 0.1) is 13.8 Å². The van der Waals surface area contributed by atoms with Gasteiger partial charge in [0, 0.05) is 13.0 Å². The van der Waals surface area contributed by atoms with Crippen LogP contribution in [0.25, 0.3) is 0 Å². The Bertz CT molecular complexity index is 956. The molecule has 2 aromatic rings. The van der Waals surface area contributed by atoms with E-state index in [0.29, 0.717) is 24.5 Å². The molecule has 2 rings (SSSR count). The van der Waals surface area contributed by atoms with Crippen LogP contribution in [-0.2, 0) is 14.8 Å². The Balaban J connectivity index is 1.94. The van der Waals surface area contributed by atoms with E-state index in [4.69, 9.17) is 4.74 Å². The molecule has 164 valence electrons. The SMILES string of the molecule is CCOc1ccc(N(CCCC(=O)N[C@@H](C)c2ccc(C)c(C)c2)S(C)(=O)=O)cc1. The molecule has 0 heterocycles. The summed E-state index contributed by atoms with van der Waals surface area (Å²) < 4.78 is 31.2. The van der Waals surface area contributed by atoms with Crippen molar-refractivity contribution in [2.45, 2.75) is 46.6 Å². The fourth-order valence-corrected chi connectivity index (χ4v) is 4.14.